The first-order chi connectivity index (χ1) is 13.1. The molecule has 7 nitrogen and oxygen atoms in total. The number of piperidine rings is 1. The summed E-state index contributed by atoms with van der Waals surface area (Å²) in [4.78, 5) is 39.8. The fourth-order valence-electron chi connectivity index (χ4n) is 4.67. The normalized spacial score (nSPS) is 26.8. The topological polar surface area (TPSA) is 88.9 Å². The third kappa shape index (κ3) is 3.78. The van der Waals surface area contributed by atoms with E-state index in [1.54, 1.807) is 11.0 Å². The van der Waals surface area contributed by atoms with Crippen LogP contribution in [0.25, 0.3) is 0 Å². The molecule has 2 amide bonds. The van der Waals surface area contributed by atoms with Crippen LogP contribution in [-0.2, 0) is 14.3 Å². The first-order valence-corrected chi connectivity index (χ1v) is 9.91. The molecule has 1 aromatic rings. The van der Waals surface area contributed by atoms with Gasteiger partial charge in [-0.3, -0.25) is 14.4 Å². The average molecular weight is 374 g/mol. The highest BCUT2D eigenvalue weighted by Crippen LogP contribution is 2.31. The Morgan fingerprint density at radius 1 is 1.22 bits per heavy atom. The lowest BCUT2D eigenvalue weighted by molar-refractivity contribution is -0.142. The molecule has 0 radical (unpaired) electrons. The third-order valence-corrected chi connectivity index (χ3v) is 6.06. The molecule has 3 atom stereocenters. The molecule has 3 aliphatic rings. The van der Waals surface area contributed by atoms with Gasteiger partial charge >= 0.3 is 0 Å². The Hall–Kier alpha value is -2.15. The highest BCUT2D eigenvalue weighted by molar-refractivity contribution is 5.98. The number of hydrogen-bond acceptors (Lipinski definition) is 5. The lowest BCUT2D eigenvalue weighted by atomic mass is 9.93. The van der Waals surface area contributed by atoms with Gasteiger partial charge in [0.1, 0.15) is 25.0 Å². The van der Waals surface area contributed by atoms with Gasteiger partial charge in [0.15, 0.2) is 5.78 Å². The number of Topliss-reactive ketones (excluding diaryl/α,β-unsaturated/α-hetero) is 1. The second-order valence-electron chi connectivity index (χ2n) is 7.86. The summed E-state index contributed by atoms with van der Waals surface area (Å²) in [5.41, 5.74) is 0.399. The number of nitrogens with zero attached hydrogens (tertiary/aromatic N) is 1. The number of furan rings is 1. The summed E-state index contributed by atoms with van der Waals surface area (Å²) in [6.07, 6.45) is 9.34. The number of likely N-dealkylation sites (tertiary alicyclic amines) is 1. The van der Waals surface area contributed by atoms with E-state index in [4.69, 9.17) is 9.15 Å². The van der Waals surface area contributed by atoms with E-state index in [-0.39, 0.29) is 30.3 Å². The number of hydrogen-bond donors (Lipinski definition) is 1. The summed E-state index contributed by atoms with van der Waals surface area (Å²) in [6, 6.07) is 0.461. The van der Waals surface area contributed by atoms with Crippen molar-refractivity contribution in [1.82, 2.24) is 10.2 Å². The van der Waals surface area contributed by atoms with Crippen LogP contribution in [0.15, 0.2) is 23.0 Å². The first-order valence-electron chi connectivity index (χ1n) is 9.91. The zero-order chi connectivity index (χ0) is 18.8. The molecular weight excluding hydrogens is 348 g/mol. The van der Waals surface area contributed by atoms with Crippen LogP contribution in [0.5, 0.6) is 0 Å². The molecule has 1 saturated carbocycles. The van der Waals surface area contributed by atoms with E-state index in [0.717, 1.165) is 25.7 Å². The Morgan fingerprint density at radius 3 is 2.78 bits per heavy atom. The van der Waals surface area contributed by atoms with E-state index in [1.165, 1.54) is 25.4 Å². The van der Waals surface area contributed by atoms with Crippen LogP contribution in [-0.4, -0.2) is 53.8 Å². The van der Waals surface area contributed by atoms with Crippen molar-refractivity contribution in [3.05, 3.63) is 24.2 Å². The minimum absolute atomic E-state index is 0.0335. The van der Waals surface area contributed by atoms with Crippen LogP contribution in [0.4, 0.5) is 0 Å². The van der Waals surface area contributed by atoms with Crippen LogP contribution in [0, 0.1) is 5.92 Å². The molecule has 27 heavy (non-hydrogen) atoms. The van der Waals surface area contributed by atoms with Gasteiger partial charge in [-0.2, -0.15) is 0 Å². The molecular formula is C20H26N2O5. The minimum atomic E-state index is -0.623. The molecule has 1 N–H and O–H groups in total. The highest BCUT2D eigenvalue weighted by atomic mass is 16.5. The molecule has 2 saturated heterocycles. The molecule has 2 unspecified atom stereocenters. The van der Waals surface area contributed by atoms with Gasteiger partial charge < -0.3 is 19.4 Å². The van der Waals surface area contributed by atoms with E-state index in [9.17, 15) is 14.4 Å². The number of carbonyl (C=O) groups is 3. The van der Waals surface area contributed by atoms with Gasteiger partial charge in [0.2, 0.25) is 5.91 Å². The number of carbonyl (C=O) groups excluding carboxylic acids is 3. The largest absolute Gasteiger partial charge is 0.472 e. The van der Waals surface area contributed by atoms with Gasteiger partial charge in [-0.05, 0) is 31.2 Å². The van der Waals surface area contributed by atoms with Crippen molar-refractivity contribution in [3.8, 4) is 0 Å². The summed E-state index contributed by atoms with van der Waals surface area (Å²) in [6.45, 7) is 0.617. The Labute approximate surface area is 158 Å². The first kappa shape index (κ1) is 18.2. The van der Waals surface area contributed by atoms with Gasteiger partial charge in [0, 0.05) is 6.54 Å². The molecule has 0 bridgehead atoms. The Bertz CT molecular complexity index is 695. The number of nitrogens with one attached hydrogen (secondary N) is 1. The maximum Gasteiger partial charge on any atom is 0.255 e. The number of amides is 2. The molecule has 7 heteroatoms. The molecule has 3 fully saturated rings. The quantitative estimate of drug-likeness (QED) is 0.851. The van der Waals surface area contributed by atoms with Crippen LogP contribution in [0.2, 0.25) is 0 Å². The number of ketones is 1. The van der Waals surface area contributed by atoms with Crippen molar-refractivity contribution in [2.24, 2.45) is 5.92 Å². The predicted octanol–water partition coefficient (Wildman–Crippen LogP) is 1.92. The van der Waals surface area contributed by atoms with Crippen molar-refractivity contribution >= 4 is 17.6 Å². The van der Waals surface area contributed by atoms with Crippen LogP contribution < -0.4 is 5.32 Å². The van der Waals surface area contributed by atoms with Crippen LogP contribution in [0.3, 0.4) is 0 Å². The maximum absolute atomic E-state index is 13.4. The lowest BCUT2D eigenvalue weighted by Gasteiger charge is -2.38. The van der Waals surface area contributed by atoms with Crippen molar-refractivity contribution in [2.45, 2.75) is 63.1 Å². The molecule has 1 aromatic heterocycles. The van der Waals surface area contributed by atoms with Gasteiger partial charge in [0.25, 0.3) is 5.91 Å². The zero-order valence-electron chi connectivity index (χ0n) is 15.4. The fourth-order valence-corrected chi connectivity index (χ4v) is 4.67. The van der Waals surface area contributed by atoms with E-state index in [0.29, 0.717) is 24.4 Å². The second-order valence-corrected chi connectivity index (χ2v) is 7.86. The monoisotopic (exact) mass is 374 g/mol. The molecule has 4 rings (SSSR count). The van der Waals surface area contributed by atoms with E-state index in [1.807, 2.05) is 0 Å². The van der Waals surface area contributed by atoms with Crippen molar-refractivity contribution < 1.29 is 23.5 Å². The van der Waals surface area contributed by atoms with Crippen LogP contribution >= 0.6 is 0 Å². The molecule has 3 heterocycles. The third-order valence-electron chi connectivity index (χ3n) is 6.06. The van der Waals surface area contributed by atoms with Crippen molar-refractivity contribution in [2.75, 3.05) is 13.2 Å². The minimum Gasteiger partial charge on any atom is -0.472 e. The standard InChI is InChI=1S/C20H26N2O5/c23-16-12-27-17-6-3-8-22(18(16)17)20(25)15(10-13-4-1-2-5-13)21-19(24)14-7-9-26-11-14/h7,9,11,13,15,17-18H,1-6,8,10,12H2,(H,21,24)/t15-,17?,18?/m0/s1. The molecule has 0 spiro atoms. The summed E-state index contributed by atoms with van der Waals surface area (Å²) < 4.78 is 10.5. The molecule has 2 aliphatic heterocycles. The maximum atomic E-state index is 13.4. The molecule has 1 aliphatic carbocycles. The van der Waals surface area contributed by atoms with E-state index in [2.05, 4.69) is 5.32 Å². The summed E-state index contributed by atoms with van der Waals surface area (Å²) in [5, 5.41) is 2.90. The number of ether oxygens (including phenoxy) is 1. The SMILES string of the molecule is O=C(N[C@@H](CC1CCCC1)C(=O)N1CCCC2OCC(=O)C21)c1ccoc1. The second kappa shape index (κ2) is 7.84. The van der Waals surface area contributed by atoms with E-state index >= 15 is 0 Å². The summed E-state index contributed by atoms with van der Waals surface area (Å²) >= 11 is 0. The Kier molecular flexibility index (Phi) is 5.29. The van der Waals surface area contributed by atoms with Gasteiger partial charge in [0.05, 0.1) is 17.9 Å². The fraction of sp³-hybridized carbons (Fsp3) is 0.650. The van der Waals surface area contributed by atoms with Gasteiger partial charge in [-0.1, -0.05) is 25.7 Å². The van der Waals surface area contributed by atoms with Crippen molar-refractivity contribution in [3.63, 3.8) is 0 Å². The van der Waals surface area contributed by atoms with Gasteiger partial charge in [-0.15, -0.1) is 0 Å². The predicted molar refractivity (Wildman–Crippen MR) is 96.0 cm³/mol. The Balaban J connectivity index is 1.52. The number of rotatable bonds is 5. The summed E-state index contributed by atoms with van der Waals surface area (Å²) in [5.74, 6) is -0.0801. The van der Waals surface area contributed by atoms with Crippen molar-refractivity contribution in [1.29, 1.82) is 0 Å². The Morgan fingerprint density at radius 2 is 2.04 bits per heavy atom. The van der Waals surface area contributed by atoms with Gasteiger partial charge in [-0.25, -0.2) is 0 Å². The average Bonchev–Trinajstić information content (AvgIpc) is 3.43. The molecule has 146 valence electrons. The smallest absolute Gasteiger partial charge is 0.255 e. The summed E-state index contributed by atoms with van der Waals surface area (Å²) in [7, 11) is 0. The van der Waals surface area contributed by atoms with E-state index < -0.39 is 12.1 Å². The highest BCUT2D eigenvalue weighted by Gasteiger charge is 2.46. The van der Waals surface area contributed by atoms with Crippen LogP contribution in [0.1, 0.15) is 55.3 Å². The number of fused-ring (bicyclic) bond motifs is 1. The lowest BCUT2D eigenvalue weighted by Crippen LogP contribution is -2.58. The molecule has 0 aromatic carbocycles. The zero-order valence-corrected chi connectivity index (χ0v) is 15.4.